The molecule has 0 heterocycles. The van der Waals surface area contributed by atoms with Crippen LogP contribution in [0.3, 0.4) is 0 Å². The number of hydrazone groups is 2. The van der Waals surface area contributed by atoms with Crippen LogP contribution in [0, 0.1) is 0 Å². The molecule has 2 aromatic rings. The number of hydrogen-bond donors (Lipinski definition) is 2. The smallest absolute Gasteiger partial charge is 0.240 e. The molecule has 0 saturated carbocycles. The molecule has 0 atom stereocenters. The number of unbranched alkanes of at least 4 members (excludes halogenated alkanes) is 4. The van der Waals surface area contributed by atoms with Gasteiger partial charge in [-0.3, -0.25) is 9.59 Å². The number of methoxy groups -OCH3 is 2. The van der Waals surface area contributed by atoms with Crippen LogP contribution in [-0.2, 0) is 9.59 Å². The molecule has 212 valence electrons. The van der Waals surface area contributed by atoms with Crippen LogP contribution < -0.4 is 29.8 Å². The van der Waals surface area contributed by atoms with E-state index in [1.54, 1.807) is 38.8 Å². The van der Waals surface area contributed by atoms with Crippen molar-refractivity contribution in [3.63, 3.8) is 0 Å². The highest BCUT2D eigenvalue weighted by Crippen LogP contribution is 2.28. The van der Waals surface area contributed by atoms with Crippen LogP contribution in [0.4, 0.5) is 0 Å². The molecule has 0 radical (unpaired) electrons. The molecule has 0 bridgehead atoms. The van der Waals surface area contributed by atoms with Gasteiger partial charge in [0.1, 0.15) is 0 Å². The lowest BCUT2D eigenvalue weighted by molar-refractivity contribution is -0.121. The Morgan fingerprint density at radius 3 is 1.46 bits per heavy atom. The largest absolute Gasteiger partial charge is 0.493 e. The average molecular weight is 541 g/mol. The van der Waals surface area contributed by atoms with E-state index in [0.717, 1.165) is 43.2 Å². The van der Waals surface area contributed by atoms with Crippen molar-refractivity contribution in [3.8, 4) is 23.0 Å². The number of ether oxygens (including phenoxy) is 4. The third-order valence-electron chi connectivity index (χ3n) is 5.59. The van der Waals surface area contributed by atoms with Crippen LogP contribution >= 0.6 is 0 Å². The second kappa shape index (κ2) is 18.2. The number of hydrogen-bond acceptors (Lipinski definition) is 8. The lowest BCUT2D eigenvalue weighted by atomic mass is 10.1. The Hall–Kier alpha value is -4.08. The van der Waals surface area contributed by atoms with Gasteiger partial charge in [0.2, 0.25) is 11.8 Å². The van der Waals surface area contributed by atoms with E-state index in [2.05, 4.69) is 21.1 Å². The number of nitrogens with zero attached hydrogens (tertiary/aromatic N) is 2. The van der Waals surface area contributed by atoms with Gasteiger partial charge in [-0.25, -0.2) is 10.9 Å². The zero-order valence-corrected chi connectivity index (χ0v) is 23.3. The minimum Gasteiger partial charge on any atom is -0.493 e. The fraction of sp³-hybridized carbons (Fsp3) is 0.448. The first-order valence-electron chi connectivity index (χ1n) is 13.3. The first kappa shape index (κ1) is 31.1. The summed E-state index contributed by atoms with van der Waals surface area (Å²) < 4.78 is 21.6. The van der Waals surface area contributed by atoms with Crippen LogP contribution in [0.5, 0.6) is 23.0 Å². The lowest BCUT2D eigenvalue weighted by Gasteiger charge is -2.09. The minimum atomic E-state index is -0.133. The second-order valence-electron chi connectivity index (χ2n) is 8.54. The van der Waals surface area contributed by atoms with Crippen LogP contribution in [0.1, 0.15) is 69.9 Å². The predicted octanol–water partition coefficient (Wildman–Crippen LogP) is 4.83. The van der Waals surface area contributed by atoms with Crippen molar-refractivity contribution in [3.05, 3.63) is 47.5 Å². The van der Waals surface area contributed by atoms with Gasteiger partial charge < -0.3 is 18.9 Å². The zero-order valence-electron chi connectivity index (χ0n) is 23.3. The molecule has 0 saturated heterocycles. The van der Waals surface area contributed by atoms with Gasteiger partial charge in [0, 0.05) is 12.8 Å². The van der Waals surface area contributed by atoms with Gasteiger partial charge in [-0.1, -0.05) is 19.3 Å². The number of rotatable bonds is 18. The fourth-order valence-electron chi connectivity index (χ4n) is 3.65. The Morgan fingerprint density at radius 1 is 0.667 bits per heavy atom. The molecule has 0 aliphatic carbocycles. The lowest BCUT2D eigenvalue weighted by Crippen LogP contribution is -2.17. The van der Waals surface area contributed by atoms with E-state index < -0.39 is 0 Å². The molecule has 0 aliphatic heterocycles. The van der Waals surface area contributed by atoms with Gasteiger partial charge >= 0.3 is 0 Å². The van der Waals surface area contributed by atoms with Gasteiger partial charge in [0.15, 0.2) is 23.0 Å². The molecule has 10 nitrogen and oxygen atoms in total. The fourth-order valence-corrected chi connectivity index (χ4v) is 3.65. The quantitative estimate of drug-likeness (QED) is 0.159. The van der Waals surface area contributed by atoms with Crippen LogP contribution in [0.15, 0.2) is 46.6 Å². The molecule has 0 spiro atoms. The summed E-state index contributed by atoms with van der Waals surface area (Å²) in [5.41, 5.74) is 6.69. The van der Waals surface area contributed by atoms with Crippen molar-refractivity contribution < 1.29 is 28.5 Å². The van der Waals surface area contributed by atoms with Gasteiger partial charge in [0.25, 0.3) is 0 Å². The summed E-state index contributed by atoms with van der Waals surface area (Å²) in [7, 11) is 3.15. The summed E-state index contributed by atoms with van der Waals surface area (Å²) in [6, 6.07) is 10.9. The molecule has 10 heteroatoms. The number of carbonyl (C=O) groups excluding carboxylic acids is 2. The highest BCUT2D eigenvalue weighted by Gasteiger charge is 2.06. The number of carbonyl (C=O) groups is 2. The first-order chi connectivity index (χ1) is 19.0. The normalized spacial score (nSPS) is 11.0. The van der Waals surface area contributed by atoms with Gasteiger partial charge in [0.05, 0.1) is 39.9 Å². The van der Waals surface area contributed by atoms with E-state index in [9.17, 15) is 9.59 Å². The third kappa shape index (κ3) is 11.9. The third-order valence-corrected chi connectivity index (χ3v) is 5.59. The summed E-state index contributed by atoms with van der Waals surface area (Å²) >= 11 is 0. The number of nitrogens with one attached hydrogen (secondary N) is 2. The van der Waals surface area contributed by atoms with E-state index >= 15 is 0 Å². The highest BCUT2D eigenvalue weighted by atomic mass is 16.5. The van der Waals surface area contributed by atoms with Crippen LogP contribution in [0.25, 0.3) is 0 Å². The topological polar surface area (TPSA) is 120 Å². The Bertz CT molecular complexity index is 1020. The highest BCUT2D eigenvalue weighted by molar-refractivity contribution is 5.84. The Balaban J connectivity index is 1.56. The summed E-state index contributed by atoms with van der Waals surface area (Å²) in [6.45, 7) is 4.91. The zero-order chi connectivity index (χ0) is 28.3. The van der Waals surface area contributed by atoms with Gasteiger partial charge in [-0.2, -0.15) is 10.2 Å². The van der Waals surface area contributed by atoms with E-state index in [-0.39, 0.29) is 11.8 Å². The molecule has 2 aromatic carbocycles. The molecule has 2 N–H and O–H groups in total. The van der Waals surface area contributed by atoms with E-state index in [1.165, 1.54) is 0 Å². The maximum Gasteiger partial charge on any atom is 0.240 e. The Morgan fingerprint density at radius 2 is 1.08 bits per heavy atom. The molecular weight excluding hydrogens is 500 g/mol. The van der Waals surface area contributed by atoms with Crippen molar-refractivity contribution in [1.82, 2.24) is 10.9 Å². The molecule has 0 aliphatic rings. The number of amides is 2. The first-order valence-corrected chi connectivity index (χ1v) is 13.3. The van der Waals surface area contributed by atoms with Gasteiger partial charge in [-0.05, 0) is 74.2 Å². The summed E-state index contributed by atoms with van der Waals surface area (Å²) in [5, 5.41) is 8.03. The Labute approximate surface area is 230 Å². The molecule has 2 rings (SSSR count). The van der Waals surface area contributed by atoms with Crippen molar-refractivity contribution in [2.75, 3.05) is 27.4 Å². The molecular formula is C29H40N4O6. The van der Waals surface area contributed by atoms with E-state index in [0.29, 0.717) is 49.1 Å². The van der Waals surface area contributed by atoms with Crippen LogP contribution in [-0.4, -0.2) is 51.7 Å². The van der Waals surface area contributed by atoms with Crippen molar-refractivity contribution in [1.29, 1.82) is 0 Å². The van der Waals surface area contributed by atoms with Gasteiger partial charge in [-0.15, -0.1) is 0 Å². The standard InChI is InChI=1S/C29H40N4O6/c1-5-38-24-16-14-22(18-26(24)36-3)20-30-32-28(34)12-10-8-7-9-11-13-29(35)33-31-21-23-15-17-25(39-6-2)27(19-23)37-4/h14-21H,5-13H2,1-4H3,(H,32,34)(H,33,35)/b30-20-,31-21-. The van der Waals surface area contributed by atoms with E-state index in [4.69, 9.17) is 18.9 Å². The SMILES string of the molecule is CCOc1ccc(/C=N\NC(=O)CCCCCCCC(=O)N/N=C\c2ccc(OCC)c(OC)c2)cc1OC. The maximum atomic E-state index is 12.0. The van der Waals surface area contributed by atoms with Crippen LogP contribution in [0.2, 0.25) is 0 Å². The predicted molar refractivity (Wildman–Crippen MR) is 152 cm³/mol. The second-order valence-corrected chi connectivity index (χ2v) is 8.54. The molecule has 0 fully saturated rings. The maximum absolute atomic E-state index is 12.0. The monoisotopic (exact) mass is 540 g/mol. The molecule has 0 unspecified atom stereocenters. The van der Waals surface area contributed by atoms with Crippen molar-refractivity contribution in [2.24, 2.45) is 10.2 Å². The average Bonchev–Trinajstić information content (AvgIpc) is 2.94. The molecule has 0 aromatic heterocycles. The molecule has 2 amide bonds. The van der Waals surface area contributed by atoms with E-state index in [1.807, 2.05) is 38.1 Å². The Kier molecular flexibility index (Phi) is 14.5. The van der Waals surface area contributed by atoms with Crippen molar-refractivity contribution >= 4 is 24.2 Å². The molecule has 39 heavy (non-hydrogen) atoms. The summed E-state index contributed by atoms with van der Waals surface area (Å²) in [6.07, 6.45) is 8.23. The number of benzene rings is 2. The van der Waals surface area contributed by atoms with Crippen molar-refractivity contribution in [2.45, 2.75) is 58.8 Å². The summed E-state index contributed by atoms with van der Waals surface area (Å²) in [5.74, 6) is 2.29. The summed E-state index contributed by atoms with van der Waals surface area (Å²) in [4.78, 5) is 24.0. The minimum absolute atomic E-state index is 0.133.